The number of nitrogens with zero attached hydrogens (tertiary/aromatic N) is 4. The van der Waals surface area contributed by atoms with Gasteiger partial charge in [-0.25, -0.2) is 15.0 Å². The van der Waals surface area contributed by atoms with Crippen molar-refractivity contribution in [2.24, 2.45) is 0 Å². The van der Waals surface area contributed by atoms with Crippen LogP contribution in [0.4, 0.5) is 0 Å². The molecule has 138 valence electrons. The van der Waals surface area contributed by atoms with Crippen LogP contribution < -0.4 is 0 Å². The summed E-state index contributed by atoms with van der Waals surface area (Å²) in [5.74, 6) is 0.981. The average molecular weight is 368 g/mol. The molecule has 0 aliphatic rings. The second-order valence-corrected chi connectivity index (χ2v) is 6.87. The second kappa shape index (κ2) is 6.81. The lowest BCUT2D eigenvalue weighted by atomic mass is 10.1. The Bertz CT molecular complexity index is 1210. The van der Waals surface area contributed by atoms with Gasteiger partial charge in [0.1, 0.15) is 5.82 Å². The zero-order valence-corrected chi connectivity index (χ0v) is 15.6. The van der Waals surface area contributed by atoms with Crippen LogP contribution in [0.25, 0.3) is 33.7 Å². The number of hydrogen-bond donors (Lipinski definition) is 2. The molecule has 0 aliphatic heterocycles. The molecular weight excluding hydrogens is 348 g/mol. The molecule has 5 rings (SSSR count). The molecule has 2 aromatic carbocycles. The predicted molar refractivity (Wildman–Crippen MR) is 110 cm³/mol. The number of para-hydroxylation sites is 1. The molecule has 6 heteroatoms. The molecule has 3 heterocycles. The van der Waals surface area contributed by atoms with Crippen molar-refractivity contribution >= 4 is 11.0 Å². The first-order valence-corrected chi connectivity index (χ1v) is 9.33. The molecule has 0 amide bonds. The molecule has 0 radical (unpaired) electrons. The van der Waals surface area contributed by atoms with Crippen molar-refractivity contribution in [1.82, 2.24) is 29.5 Å². The van der Waals surface area contributed by atoms with E-state index in [0.717, 1.165) is 52.5 Å². The number of aromatic amines is 2. The van der Waals surface area contributed by atoms with Gasteiger partial charge in [-0.2, -0.15) is 0 Å². The van der Waals surface area contributed by atoms with Crippen LogP contribution in [-0.4, -0.2) is 29.5 Å². The third-order valence-electron chi connectivity index (χ3n) is 4.99. The molecule has 2 N–H and O–H groups in total. The smallest absolute Gasteiger partial charge is 0.109 e. The zero-order valence-electron chi connectivity index (χ0n) is 15.6. The largest absolute Gasteiger partial charge is 0.343 e. The van der Waals surface area contributed by atoms with E-state index in [4.69, 9.17) is 9.97 Å². The summed E-state index contributed by atoms with van der Waals surface area (Å²) in [4.78, 5) is 20.3. The summed E-state index contributed by atoms with van der Waals surface area (Å²) in [5, 5.41) is 0. The number of imidazole rings is 3. The number of benzene rings is 2. The lowest BCUT2D eigenvalue weighted by Gasteiger charge is -2.08. The summed E-state index contributed by atoms with van der Waals surface area (Å²) in [5.41, 5.74) is 7.34. The third-order valence-corrected chi connectivity index (χ3v) is 4.99. The maximum absolute atomic E-state index is 4.78. The SMILES string of the molecule is Cc1cccc2[nH]c(CCn3cnc(-c4ccccc4)c3-c3cnc[nH]3)nc12. The van der Waals surface area contributed by atoms with Crippen LogP contribution in [-0.2, 0) is 13.0 Å². The fraction of sp³-hybridized carbons (Fsp3) is 0.136. The summed E-state index contributed by atoms with van der Waals surface area (Å²) in [6.45, 7) is 2.86. The summed E-state index contributed by atoms with van der Waals surface area (Å²) in [7, 11) is 0. The van der Waals surface area contributed by atoms with Gasteiger partial charge in [-0.05, 0) is 18.6 Å². The number of nitrogens with one attached hydrogen (secondary N) is 2. The highest BCUT2D eigenvalue weighted by Gasteiger charge is 2.16. The standard InChI is InChI=1S/C22H20N6/c1-15-6-5-9-17-20(15)27-19(26-17)10-11-28-14-25-21(16-7-3-2-4-8-16)22(28)18-12-23-13-24-18/h2-9,12-14H,10-11H2,1H3,(H,23,24)(H,26,27). The summed E-state index contributed by atoms with van der Waals surface area (Å²) in [6.07, 6.45) is 6.22. The Morgan fingerprint density at radius 2 is 1.93 bits per heavy atom. The molecular formula is C22H20N6. The first-order valence-electron chi connectivity index (χ1n) is 9.33. The first-order chi connectivity index (χ1) is 13.8. The van der Waals surface area contributed by atoms with Crippen LogP contribution in [0.2, 0.25) is 0 Å². The van der Waals surface area contributed by atoms with E-state index in [0.29, 0.717) is 0 Å². The fourth-order valence-corrected chi connectivity index (χ4v) is 3.60. The number of rotatable bonds is 5. The summed E-state index contributed by atoms with van der Waals surface area (Å²) >= 11 is 0. The maximum atomic E-state index is 4.78. The monoisotopic (exact) mass is 368 g/mol. The summed E-state index contributed by atoms with van der Waals surface area (Å²) in [6, 6.07) is 16.4. The lowest BCUT2D eigenvalue weighted by molar-refractivity contribution is 0.682. The Morgan fingerprint density at radius 3 is 2.71 bits per heavy atom. The van der Waals surface area contributed by atoms with Crippen molar-refractivity contribution in [3.63, 3.8) is 0 Å². The fourth-order valence-electron chi connectivity index (χ4n) is 3.60. The van der Waals surface area contributed by atoms with Crippen LogP contribution in [0, 0.1) is 6.92 Å². The third kappa shape index (κ3) is 2.89. The minimum Gasteiger partial charge on any atom is -0.343 e. The minimum atomic E-state index is 0.771. The highest BCUT2D eigenvalue weighted by molar-refractivity contribution is 5.78. The highest BCUT2D eigenvalue weighted by atomic mass is 15.1. The van der Waals surface area contributed by atoms with E-state index in [1.807, 2.05) is 30.7 Å². The number of aromatic nitrogens is 6. The Kier molecular flexibility index (Phi) is 4.01. The van der Waals surface area contributed by atoms with Crippen LogP contribution in [0.1, 0.15) is 11.4 Å². The number of H-pyrrole nitrogens is 2. The van der Waals surface area contributed by atoms with E-state index in [9.17, 15) is 0 Å². The van der Waals surface area contributed by atoms with Gasteiger partial charge in [0.15, 0.2) is 0 Å². The quantitative estimate of drug-likeness (QED) is 0.484. The van der Waals surface area contributed by atoms with Crippen molar-refractivity contribution < 1.29 is 0 Å². The summed E-state index contributed by atoms with van der Waals surface area (Å²) < 4.78 is 2.16. The molecule has 0 atom stereocenters. The normalized spacial score (nSPS) is 11.3. The molecule has 3 aromatic heterocycles. The van der Waals surface area contributed by atoms with Crippen molar-refractivity contribution in [3.05, 3.63) is 78.8 Å². The number of fused-ring (bicyclic) bond motifs is 1. The second-order valence-electron chi connectivity index (χ2n) is 6.87. The van der Waals surface area contributed by atoms with Crippen molar-refractivity contribution in [3.8, 4) is 22.6 Å². The molecule has 28 heavy (non-hydrogen) atoms. The van der Waals surface area contributed by atoms with Crippen molar-refractivity contribution in [2.75, 3.05) is 0 Å². The van der Waals surface area contributed by atoms with Crippen LogP contribution in [0.3, 0.4) is 0 Å². The molecule has 0 saturated heterocycles. The lowest BCUT2D eigenvalue weighted by Crippen LogP contribution is -2.04. The van der Waals surface area contributed by atoms with Gasteiger partial charge >= 0.3 is 0 Å². The van der Waals surface area contributed by atoms with E-state index < -0.39 is 0 Å². The maximum Gasteiger partial charge on any atom is 0.109 e. The van der Waals surface area contributed by atoms with Crippen LogP contribution in [0.5, 0.6) is 0 Å². The molecule has 0 fully saturated rings. The van der Waals surface area contributed by atoms with Gasteiger partial charge < -0.3 is 14.5 Å². The van der Waals surface area contributed by atoms with Crippen LogP contribution >= 0.6 is 0 Å². The molecule has 0 aliphatic carbocycles. The van der Waals surface area contributed by atoms with E-state index >= 15 is 0 Å². The predicted octanol–water partition coefficient (Wildman–Crippen LogP) is 4.37. The molecule has 0 saturated carbocycles. The van der Waals surface area contributed by atoms with Gasteiger partial charge in [0.05, 0.1) is 47.0 Å². The Hall–Kier alpha value is -3.67. The minimum absolute atomic E-state index is 0.771. The Balaban J connectivity index is 1.49. The van der Waals surface area contributed by atoms with Gasteiger partial charge in [0.25, 0.3) is 0 Å². The van der Waals surface area contributed by atoms with E-state index in [1.54, 1.807) is 6.33 Å². The highest BCUT2D eigenvalue weighted by Crippen LogP contribution is 2.30. The molecule has 0 bridgehead atoms. The van der Waals surface area contributed by atoms with Gasteiger partial charge in [-0.15, -0.1) is 0 Å². The first kappa shape index (κ1) is 16.5. The van der Waals surface area contributed by atoms with E-state index in [-0.39, 0.29) is 0 Å². The number of hydrogen-bond acceptors (Lipinski definition) is 3. The molecule has 0 spiro atoms. The van der Waals surface area contributed by atoms with Gasteiger partial charge in [-0.1, -0.05) is 42.5 Å². The van der Waals surface area contributed by atoms with Crippen molar-refractivity contribution in [2.45, 2.75) is 19.9 Å². The molecule has 0 unspecified atom stereocenters. The Labute approximate surface area is 162 Å². The van der Waals surface area contributed by atoms with Gasteiger partial charge in [0.2, 0.25) is 0 Å². The average Bonchev–Trinajstić information content (AvgIpc) is 3.46. The van der Waals surface area contributed by atoms with Gasteiger partial charge in [-0.3, -0.25) is 0 Å². The van der Waals surface area contributed by atoms with Crippen molar-refractivity contribution in [1.29, 1.82) is 0 Å². The molecule has 6 nitrogen and oxygen atoms in total. The Morgan fingerprint density at radius 1 is 1.04 bits per heavy atom. The van der Waals surface area contributed by atoms with E-state index in [2.05, 4.69) is 56.8 Å². The van der Waals surface area contributed by atoms with E-state index in [1.165, 1.54) is 5.56 Å². The van der Waals surface area contributed by atoms with Gasteiger partial charge in [0, 0.05) is 18.5 Å². The zero-order chi connectivity index (χ0) is 18.9. The topological polar surface area (TPSA) is 75.2 Å². The number of aryl methyl sites for hydroxylation is 3. The van der Waals surface area contributed by atoms with Crippen LogP contribution in [0.15, 0.2) is 67.4 Å². The molecule has 5 aromatic rings.